The van der Waals surface area contributed by atoms with Gasteiger partial charge in [0.05, 0.1) is 6.54 Å². The summed E-state index contributed by atoms with van der Waals surface area (Å²) >= 11 is 0. The predicted molar refractivity (Wildman–Crippen MR) is 82.5 cm³/mol. The molecule has 3 nitrogen and oxygen atoms in total. The third-order valence-corrected chi connectivity index (χ3v) is 2.87. The molecule has 0 aliphatic heterocycles. The van der Waals surface area contributed by atoms with E-state index in [1.807, 2.05) is 48.3 Å². The number of phenols is 1. The summed E-state index contributed by atoms with van der Waals surface area (Å²) in [5, 5.41) is 9.40. The summed E-state index contributed by atoms with van der Waals surface area (Å²) in [6, 6.07) is 16.4. The van der Waals surface area contributed by atoms with Crippen LogP contribution >= 0.6 is 12.4 Å². The van der Waals surface area contributed by atoms with Gasteiger partial charge in [0.25, 0.3) is 0 Å². The highest BCUT2D eigenvalue weighted by molar-refractivity contribution is 5.97. The number of ketones is 1. The van der Waals surface area contributed by atoms with Gasteiger partial charge in [0, 0.05) is 12.1 Å². The molecule has 0 aromatic heterocycles. The minimum absolute atomic E-state index is 0. The molecule has 20 heavy (non-hydrogen) atoms. The fourth-order valence-electron chi connectivity index (χ4n) is 1.98. The van der Waals surface area contributed by atoms with Crippen LogP contribution in [0.2, 0.25) is 0 Å². The fourth-order valence-corrected chi connectivity index (χ4v) is 1.98. The summed E-state index contributed by atoms with van der Waals surface area (Å²) in [7, 11) is 1.89. The van der Waals surface area contributed by atoms with Gasteiger partial charge in [-0.05, 0) is 24.7 Å². The van der Waals surface area contributed by atoms with Crippen LogP contribution in [0.4, 0.5) is 0 Å². The van der Waals surface area contributed by atoms with Crippen molar-refractivity contribution in [1.29, 1.82) is 0 Å². The molecule has 1 N–H and O–H groups in total. The van der Waals surface area contributed by atoms with Gasteiger partial charge >= 0.3 is 0 Å². The predicted octanol–water partition coefficient (Wildman–Crippen LogP) is 3.13. The van der Waals surface area contributed by atoms with E-state index in [0.717, 1.165) is 11.1 Å². The van der Waals surface area contributed by atoms with Crippen molar-refractivity contribution >= 4 is 18.2 Å². The van der Waals surface area contributed by atoms with Gasteiger partial charge in [0.15, 0.2) is 5.78 Å². The van der Waals surface area contributed by atoms with Crippen LogP contribution in [0, 0.1) is 0 Å². The molecule has 2 aromatic carbocycles. The number of hydrogen-bond acceptors (Lipinski definition) is 3. The van der Waals surface area contributed by atoms with Gasteiger partial charge in [-0.25, -0.2) is 0 Å². The quantitative estimate of drug-likeness (QED) is 0.861. The van der Waals surface area contributed by atoms with Crippen molar-refractivity contribution in [2.24, 2.45) is 0 Å². The average Bonchev–Trinajstić information content (AvgIpc) is 2.39. The summed E-state index contributed by atoms with van der Waals surface area (Å²) in [5.74, 6) is 0.350. The molecule has 0 spiro atoms. The molecule has 0 saturated carbocycles. The molecule has 106 valence electrons. The second kappa shape index (κ2) is 7.68. The minimum Gasteiger partial charge on any atom is -0.508 e. The van der Waals surface area contributed by atoms with E-state index < -0.39 is 0 Å². The summed E-state index contributed by atoms with van der Waals surface area (Å²) in [4.78, 5) is 14.0. The largest absolute Gasteiger partial charge is 0.508 e. The maximum absolute atomic E-state index is 12.0. The topological polar surface area (TPSA) is 40.5 Å². The Bertz CT molecular complexity index is 557. The smallest absolute Gasteiger partial charge is 0.176 e. The summed E-state index contributed by atoms with van der Waals surface area (Å²) in [5.41, 5.74) is 1.72. The van der Waals surface area contributed by atoms with Crippen LogP contribution in [0.3, 0.4) is 0 Å². The van der Waals surface area contributed by atoms with Crippen LogP contribution in [-0.2, 0) is 6.54 Å². The Hall–Kier alpha value is -1.84. The molecule has 0 bridgehead atoms. The number of hydrogen-bond donors (Lipinski definition) is 1. The number of Topliss-reactive ketones (excluding diaryl/α,β-unsaturated/α-hetero) is 1. The van der Waals surface area contributed by atoms with Crippen LogP contribution < -0.4 is 0 Å². The summed E-state index contributed by atoms with van der Waals surface area (Å²) in [6.45, 7) is 0.993. The van der Waals surface area contributed by atoms with Crippen molar-refractivity contribution in [1.82, 2.24) is 4.90 Å². The molecule has 2 rings (SSSR count). The molecular weight excluding hydrogens is 274 g/mol. The zero-order valence-corrected chi connectivity index (χ0v) is 12.1. The third kappa shape index (κ3) is 4.68. The Morgan fingerprint density at radius 1 is 1.10 bits per heavy atom. The molecule has 0 radical (unpaired) electrons. The average molecular weight is 292 g/mol. The Morgan fingerprint density at radius 3 is 2.45 bits per heavy atom. The first-order valence-electron chi connectivity index (χ1n) is 6.20. The van der Waals surface area contributed by atoms with Crippen molar-refractivity contribution in [2.45, 2.75) is 6.54 Å². The summed E-state index contributed by atoms with van der Waals surface area (Å²) in [6.07, 6.45) is 0. The number of carbonyl (C=O) groups excluding carboxylic acids is 1. The second-order valence-electron chi connectivity index (χ2n) is 4.63. The Labute approximate surface area is 125 Å². The SMILES string of the molecule is CN(CC(=O)c1ccccc1)Cc1cccc(O)c1.Cl. The van der Waals surface area contributed by atoms with Gasteiger partial charge in [-0.3, -0.25) is 9.69 Å². The van der Waals surface area contributed by atoms with E-state index in [-0.39, 0.29) is 23.9 Å². The monoisotopic (exact) mass is 291 g/mol. The van der Waals surface area contributed by atoms with E-state index in [4.69, 9.17) is 0 Å². The molecule has 0 heterocycles. The maximum atomic E-state index is 12.0. The van der Waals surface area contributed by atoms with Gasteiger partial charge < -0.3 is 5.11 Å². The lowest BCUT2D eigenvalue weighted by Gasteiger charge is -2.16. The van der Waals surface area contributed by atoms with Crippen LogP contribution in [0.15, 0.2) is 54.6 Å². The first kappa shape index (κ1) is 16.2. The van der Waals surface area contributed by atoms with E-state index in [9.17, 15) is 9.90 Å². The standard InChI is InChI=1S/C16H17NO2.ClH/c1-17(11-13-6-5-9-15(18)10-13)12-16(19)14-7-3-2-4-8-14;/h2-10,18H,11-12H2,1H3;1H. The minimum atomic E-state index is 0. The zero-order valence-electron chi connectivity index (χ0n) is 11.3. The lowest BCUT2D eigenvalue weighted by atomic mass is 10.1. The molecule has 4 heteroatoms. The van der Waals surface area contributed by atoms with E-state index in [2.05, 4.69) is 0 Å². The molecule has 0 unspecified atom stereocenters. The number of aromatic hydroxyl groups is 1. The zero-order chi connectivity index (χ0) is 13.7. The highest BCUT2D eigenvalue weighted by Gasteiger charge is 2.09. The number of halogens is 1. The van der Waals surface area contributed by atoms with Gasteiger partial charge in [0.2, 0.25) is 0 Å². The van der Waals surface area contributed by atoms with Crippen molar-refractivity contribution in [3.8, 4) is 5.75 Å². The van der Waals surface area contributed by atoms with Crippen LogP contribution in [-0.4, -0.2) is 29.4 Å². The van der Waals surface area contributed by atoms with Gasteiger partial charge in [-0.1, -0.05) is 42.5 Å². The first-order valence-corrected chi connectivity index (χ1v) is 6.20. The number of benzene rings is 2. The number of carbonyl (C=O) groups is 1. The summed E-state index contributed by atoms with van der Waals surface area (Å²) < 4.78 is 0. The molecule has 0 aliphatic rings. The molecule has 0 amide bonds. The number of likely N-dealkylation sites (N-methyl/N-ethyl adjacent to an activating group) is 1. The van der Waals surface area contributed by atoms with Gasteiger partial charge in [0.1, 0.15) is 5.75 Å². The Balaban J connectivity index is 0.00000200. The van der Waals surface area contributed by atoms with Crippen molar-refractivity contribution in [3.05, 3.63) is 65.7 Å². The van der Waals surface area contributed by atoms with Crippen molar-refractivity contribution in [3.63, 3.8) is 0 Å². The van der Waals surface area contributed by atoms with Gasteiger partial charge in [-0.2, -0.15) is 0 Å². The highest BCUT2D eigenvalue weighted by Crippen LogP contribution is 2.12. The van der Waals surface area contributed by atoms with E-state index in [0.29, 0.717) is 13.1 Å². The van der Waals surface area contributed by atoms with E-state index in [1.54, 1.807) is 18.2 Å². The third-order valence-electron chi connectivity index (χ3n) is 2.87. The second-order valence-corrected chi connectivity index (χ2v) is 4.63. The van der Waals surface area contributed by atoms with Crippen molar-refractivity contribution < 1.29 is 9.90 Å². The molecule has 0 atom stereocenters. The molecule has 0 saturated heterocycles. The Morgan fingerprint density at radius 2 is 1.80 bits per heavy atom. The fraction of sp³-hybridized carbons (Fsp3) is 0.188. The number of nitrogens with zero attached hydrogens (tertiary/aromatic N) is 1. The van der Waals surface area contributed by atoms with E-state index in [1.165, 1.54) is 0 Å². The van der Waals surface area contributed by atoms with E-state index >= 15 is 0 Å². The Kier molecular flexibility index (Phi) is 6.22. The van der Waals surface area contributed by atoms with Crippen molar-refractivity contribution in [2.75, 3.05) is 13.6 Å². The maximum Gasteiger partial charge on any atom is 0.176 e. The highest BCUT2D eigenvalue weighted by atomic mass is 35.5. The first-order chi connectivity index (χ1) is 9.15. The molecule has 0 aliphatic carbocycles. The number of phenolic OH excluding ortho intramolecular Hbond substituents is 1. The van der Waals surface area contributed by atoms with Crippen LogP contribution in [0.5, 0.6) is 5.75 Å². The number of rotatable bonds is 5. The molecule has 2 aromatic rings. The normalized spacial score (nSPS) is 10.1. The lowest BCUT2D eigenvalue weighted by Crippen LogP contribution is -2.25. The lowest BCUT2D eigenvalue weighted by molar-refractivity contribution is 0.0943. The molecule has 0 fully saturated rings. The van der Waals surface area contributed by atoms with Crippen LogP contribution in [0.1, 0.15) is 15.9 Å². The van der Waals surface area contributed by atoms with Gasteiger partial charge in [-0.15, -0.1) is 12.4 Å². The molecular formula is C16H18ClNO2. The van der Waals surface area contributed by atoms with Crippen LogP contribution in [0.25, 0.3) is 0 Å².